The molecule has 1 aromatic heterocycles. The Kier molecular flexibility index (Phi) is 7.83. The lowest BCUT2D eigenvalue weighted by Gasteiger charge is -2.24. The molecule has 2 aliphatic heterocycles. The number of hydrogen-bond donors (Lipinski definition) is 1. The van der Waals surface area contributed by atoms with Crippen molar-refractivity contribution in [1.29, 1.82) is 0 Å². The molecule has 0 aliphatic carbocycles. The number of aromatic nitrogens is 1. The van der Waals surface area contributed by atoms with Crippen molar-refractivity contribution in [3.05, 3.63) is 82.4 Å². The Morgan fingerprint density at radius 2 is 1.93 bits per heavy atom. The number of ketones is 1. The van der Waals surface area contributed by atoms with E-state index in [1.807, 2.05) is 44.2 Å². The van der Waals surface area contributed by atoms with Gasteiger partial charge in [-0.1, -0.05) is 43.2 Å². The molecule has 1 saturated heterocycles. The first kappa shape index (κ1) is 28.7. The van der Waals surface area contributed by atoms with Gasteiger partial charge < -0.3 is 19.3 Å². The molecule has 0 radical (unpaired) electrons. The van der Waals surface area contributed by atoms with Gasteiger partial charge in [0.1, 0.15) is 17.6 Å². The minimum Gasteiger partial charge on any atom is -0.507 e. The Morgan fingerprint density at radius 3 is 2.72 bits per heavy atom. The van der Waals surface area contributed by atoms with Gasteiger partial charge in [0.15, 0.2) is 16.6 Å². The lowest BCUT2D eigenvalue weighted by atomic mass is 9.94. The molecule has 9 heteroatoms. The molecule has 0 spiro atoms. The molecule has 43 heavy (non-hydrogen) atoms. The smallest absolute Gasteiger partial charge is 0.301 e. The number of nitrogens with zero attached hydrogens (tertiary/aromatic N) is 2. The van der Waals surface area contributed by atoms with Crippen LogP contribution in [0.4, 0.5) is 5.13 Å². The number of aliphatic hydroxyl groups is 1. The maximum absolute atomic E-state index is 13.8. The second-order valence-electron chi connectivity index (χ2n) is 11.1. The zero-order chi connectivity index (χ0) is 30.2. The molecule has 0 bridgehead atoms. The zero-order valence-corrected chi connectivity index (χ0v) is 25.5. The van der Waals surface area contributed by atoms with E-state index in [1.165, 1.54) is 16.2 Å². The van der Waals surface area contributed by atoms with Crippen LogP contribution in [0.15, 0.2) is 60.2 Å². The monoisotopic (exact) mass is 598 g/mol. The van der Waals surface area contributed by atoms with Gasteiger partial charge in [-0.05, 0) is 79.4 Å². The number of ether oxygens (including phenoxy) is 3. The van der Waals surface area contributed by atoms with Gasteiger partial charge in [-0.25, -0.2) is 4.98 Å². The van der Waals surface area contributed by atoms with Crippen molar-refractivity contribution < 1.29 is 28.9 Å². The van der Waals surface area contributed by atoms with Gasteiger partial charge in [-0.15, -0.1) is 0 Å². The number of aliphatic hydroxyl groups excluding tert-OH is 1. The summed E-state index contributed by atoms with van der Waals surface area (Å²) in [5.74, 6) is 0.0287. The standard InChI is InChI=1S/C34H34N2O6S/c1-5-6-7-14-41-26-13-9-21(18-27(26)40-4)30-29(31(37)22-10-12-25-23(17-22)16-20(3)42-25)32(38)33(39)36(30)34-35-24-11-8-19(2)15-28(24)43-34/h8-13,15,17-18,20,30,37H,5-7,14,16H2,1-4H3/b31-29+/t20-,30+/m1/s1. The van der Waals surface area contributed by atoms with Crippen LogP contribution in [0.2, 0.25) is 0 Å². The molecule has 6 rings (SSSR count). The number of carbonyl (C=O) groups excluding carboxylic acids is 2. The number of benzene rings is 3. The Labute approximate surface area is 254 Å². The summed E-state index contributed by atoms with van der Waals surface area (Å²) in [6.45, 7) is 6.66. The molecule has 1 amide bonds. The van der Waals surface area contributed by atoms with E-state index in [0.717, 1.165) is 46.4 Å². The maximum atomic E-state index is 13.8. The van der Waals surface area contributed by atoms with E-state index < -0.39 is 17.7 Å². The fourth-order valence-electron chi connectivity index (χ4n) is 5.70. The quantitative estimate of drug-likeness (QED) is 0.0947. The predicted octanol–water partition coefficient (Wildman–Crippen LogP) is 7.13. The van der Waals surface area contributed by atoms with Crippen LogP contribution in [-0.4, -0.2) is 41.6 Å². The molecule has 222 valence electrons. The van der Waals surface area contributed by atoms with Gasteiger partial charge in [-0.2, -0.15) is 0 Å². The molecule has 0 saturated carbocycles. The summed E-state index contributed by atoms with van der Waals surface area (Å²) in [5, 5.41) is 12.1. The van der Waals surface area contributed by atoms with Crippen molar-refractivity contribution in [2.24, 2.45) is 0 Å². The second kappa shape index (κ2) is 11.7. The third-order valence-corrected chi connectivity index (χ3v) is 8.88. The summed E-state index contributed by atoms with van der Waals surface area (Å²) < 4.78 is 18.4. The molecular formula is C34H34N2O6S. The molecule has 4 aromatic rings. The first-order valence-electron chi connectivity index (χ1n) is 14.6. The average molecular weight is 599 g/mol. The van der Waals surface area contributed by atoms with Crippen molar-refractivity contribution >= 4 is 44.1 Å². The van der Waals surface area contributed by atoms with Gasteiger partial charge in [-0.3, -0.25) is 14.5 Å². The third kappa shape index (κ3) is 5.33. The zero-order valence-electron chi connectivity index (χ0n) is 24.7. The lowest BCUT2D eigenvalue weighted by molar-refractivity contribution is -0.132. The fraction of sp³-hybridized carbons (Fsp3) is 0.324. The van der Waals surface area contributed by atoms with Crippen LogP contribution < -0.4 is 19.1 Å². The van der Waals surface area contributed by atoms with Crippen molar-refractivity contribution in [2.45, 2.75) is 58.6 Å². The highest BCUT2D eigenvalue weighted by Gasteiger charge is 2.48. The number of unbranched alkanes of at least 4 members (excludes halogenated alkanes) is 2. The normalized spacial score (nSPS) is 19.1. The van der Waals surface area contributed by atoms with Crippen LogP contribution in [0.5, 0.6) is 17.2 Å². The van der Waals surface area contributed by atoms with Crippen LogP contribution in [0.25, 0.3) is 16.0 Å². The summed E-state index contributed by atoms with van der Waals surface area (Å²) in [6.07, 6.45) is 3.78. The summed E-state index contributed by atoms with van der Waals surface area (Å²) in [6, 6.07) is 15.6. The number of methoxy groups -OCH3 is 1. The topological polar surface area (TPSA) is 98.2 Å². The van der Waals surface area contributed by atoms with E-state index in [-0.39, 0.29) is 17.4 Å². The van der Waals surface area contributed by atoms with Crippen LogP contribution in [-0.2, 0) is 16.0 Å². The van der Waals surface area contributed by atoms with E-state index in [4.69, 9.17) is 19.2 Å². The molecule has 1 N–H and O–H groups in total. The second-order valence-corrected chi connectivity index (χ2v) is 12.1. The van der Waals surface area contributed by atoms with E-state index in [2.05, 4.69) is 6.92 Å². The molecule has 2 atom stereocenters. The molecule has 0 unspecified atom stereocenters. The van der Waals surface area contributed by atoms with Gasteiger partial charge in [0, 0.05) is 12.0 Å². The fourth-order valence-corrected chi connectivity index (χ4v) is 6.79. The van der Waals surface area contributed by atoms with Gasteiger partial charge in [0.25, 0.3) is 5.78 Å². The highest BCUT2D eigenvalue weighted by molar-refractivity contribution is 7.22. The lowest BCUT2D eigenvalue weighted by Crippen LogP contribution is -2.29. The highest BCUT2D eigenvalue weighted by Crippen LogP contribution is 2.46. The number of Topliss-reactive ketones (excluding diaryl/α,β-unsaturated/α-hetero) is 1. The SMILES string of the molecule is CCCCCOc1ccc([C@H]2/C(=C(\O)c3ccc4c(c3)C[C@@H](C)O4)C(=O)C(=O)N2c2nc3ccc(C)cc3s2)cc1OC. The first-order valence-corrected chi connectivity index (χ1v) is 15.4. The molecule has 2 aliphatic rings. The Hall–Kier alpha value is -4.37. The van der Waals surface area contributed by atoms with E-state index in [9.17, 15) is 14.7 Å². The van der Waals surface area contributed by atoms with Crippen molar-refractivity contribution in [1.82, 2.24) is 4.98 Å². The number of fused-ring (bicyclic) bond motifs is 2. The summed E-state index contributed by atoms with van der Waals surface area (Å²) in [5.41, 5.74) is 3.76. The van der Waals surface area contributed by atoms with Crippen molar-refractivity contribution in [3.63, 3.8) is 0 Å². The number of hydrogen-bond acceptors (Lipinski definition) is 8. The summed E-state index contributed by atoms with van der Waals surface area (Å²) in [4.78, 5) is 33.6. The first-order chi connectivity index (χ1) is 20.8. The number of amides is 1. The van der Waals surface area contributed by atoms with Crippen LogP contribution >= 0.6 is 11.3 Å². The minimum atomic E-state index is -0.937. The minimum absolute atomic E-state index is 0.00832. The van der Waals surface area contributed by atoms with Crippen molar-refractivity contribution in [3.8, 4) is 17.2 Å². The number of rotatable bonds is 9. The highest BCUT2D eigenvalue weighted by atomic mass is 32.1. The average Bonchev–Trinajstić information content (AvgIpc) is 3.66. The summed E-state index contributed by atoms with van der Waals surface area (Å²) >= 11 is 1.33. The third-order valence-electron chi connectivity index (χ3n) is 7.86. The predicted molar refractivity (Wildman–Crippen MR) is 167 cm³/mol. The largest absolute Gasteiger partial charge is 0.507 e. The summed E-state index contributed by atoms with van der Waals surface area (Å²) in [7, 11) is 1.55. The maximum Gasteiger partial charge on any atom is 0.301 e. The molecular weight excluding hydrogens is 564 g/mol. The Morgan fingerprint density at radius 1 is 1.09 bits per heavy atom. The number of carbonyl (C=O) groups is 2. The van der Waals surface area contributed by atoms with E-state index in [1.54, 1.807) is 31.4 Å². The molecule has 1 fully saturated rings. The van der Waals surface area contributed by atoms with Crippen LogP contribution in [0.1, 0.15) is 61.4 Å². The molecule has 8 nitrogen and oxygen atoms in total. The Balaban J connectivity index is 1.48. The van der Waals surface area contributed by atoms with Crippen LogP contribution in [0.3, 0.4) is 0 Å². The number of thiazole rings is 1. The van der Waals surface area contributed by atoms with Gasteiger partial charge in [0.05, 0.1) is 35.5 Å². The molecule has 3 aromatic carbocycles. The van der Waals surface area contributed by atoms with E-state index >= 15 is 0 Å². The van der Waals surface area contributed by atoms with Crippen molar-refractivity contribution in [2.75, 3.05) is 18.6 Å². The van der Waals surface area contributed by atoms with E-state index in [0.29, 0.717) is 40.8 Å². The van der Waals surface area contributed by atoms with Gasteiger partial charge >= 0.3 is 5.91 Å². The van der Waals surface area contributed by atoms with Crippen LogP contribution in [0, 0.1) is 6.92 Å². The van der Waals surface area contributed by atoms with Gasteiger partial charge in [0.2, 0.25) is 0 Å². The Bertz CT molecular complexity index is 1760. The number of anilines is 1. The number of aryl methyl sites for hydroxylation is 1. The molecule has 3 heterocycles.